The molecular weight excluding hydrogens is 406 g/mol. The number of hydrogen-bond donors (Lipinski definition) is 1. The molecule has 3 aromatic rings. The number of rotatable bonds is 8. The van der Waals surface area contributed by atoms with Gasteiger partial charge in [-0.1, -0.05) is 30.3 Å². The largest absolute Gasteiger partial charge is 0.497 e. The van der Waals surface area contributed by atoms with E-state index < -0.39 is 0 Å². The Hall–Kier alpha value is -3.32. The number of aromatic nitrogens is 2. The SMILES string of the molecule is COc1ccc(OC)c(-c2cc(C(=O)N3CCCC(COCc4ccccc4)C3)[nH]n2)c1. The van der Waals surface area contributed by atoms with Crippen molar-refractivity contribution in [2.45, 2.75) is 19.4 Å². The zero-order valence-electron chi connectivity index (χ0n) is 18.5. The highest BCUT2D eigenvalue weighted by molar-refractivity contribution is 5.93. The van der Waals surface area contributed by atoms with Crippen molar-refractivity contribution in [3.05, 3.63) is 65.9 Å². The lowest BCUT2D eigenvalue weighted by atomic mass is 9.98. The van der Waals surface area contributed by atoms with Crippen LogP contribution in [0, 0.1) is 5.92 Å². The number of aromatic amines is 1. The summed E-state index contributed by atoms with van der Waals surface area (Å²) in [6, 6.07) is 17.4. The average Bonchev–Trinajstić information content (AvgIpc) is 3.34. The monoisotopic (exact) mass is 435 g/mol. The Labute approximate surface area is 188 Å². The zero-order valence-corrected chi connectivity index (χ0v) is 18.5. The predicted molar refractivity (Wildman–Crippen MR) is 122 cm³/mol. The summed E-state index contributed by atoms with van der Waals surface area (Å²) < 4.78 is 16.7. The highest BCUT2D eigenvalue weighted by Gasteiger charge is 2.26. The number of nitrogens with one attached hydrogen (secondary N) is 1. The van der Waals surface area contributed by atoms with Crippen LogP contribution < -0.4 is 9.47 Å². The molecule has 1 aliphatic rings. The second kappa shape index (κ2) is 10.3. The van der Waals surface area contributed by atoms with Gasteiger partial charge in [-0.15, -0.1) is 0 Å². The molecule has 4 rings (SSSR count). The summed E-state index contributed by atoms with van der Waals surface area (Å²) in [5.74, 6) is 1.66. The molecule has 0 bridgehead atoms. The molecule has 0 radical (unpaired) electrons. The Morgan fingerprint density at radius 1 is 1.12 bits per heavy atom. The summed E-state index contributed by atoms with van der Waals surface area (Å²) in [4.78, 5) is 15.0. The van der Waals surface area contributed by atoms with E-state index in [1.54, 1.807) is 20.3 Å². The van der Waals surface area contributed by atoms with E-state index in [1.165, 1.54) is 0 Å². The van der Waals surface area contributed by atoms with E-state index in [4.69, 9.17) is 14.2 Å². The Bertz CT molecular complexity index is 1030. The molecule has 1 fully saturated rings. The maximum Gasteiger partial charge on any atom is 0.271 e. The molecule has 0 saturated carbocycles. The van der Waals surface area contributed by atoms with Crippen LogP contribution in [0.25, 0.3) is 11.3 Å². The Kier molecular flexibility index (Phi) is 7.07. The molecule has 1 aliphatic heterocycles. The van der Waals surface area contributed by atoms with E-state index in [-0.39, 0.29) is 5.91 Å². The highest BCUT2D eigenvalue weighted by Crippen LogP contribution is 2.32. The second-order valence-corrected chi connectivity index (χ2v) is 7.99. The van der Waals surface area contributed by atoms with E-state index >= 15 is 0 Å². The first-order valence-corrected chi connectivity index (χ1v) is 10.9. The number of carbonyl (C=O) groups excluding carboxylic acids is 1. The fourth-order valence-corrected chi connectivity index (χ4v) is 4.06. The van der Waals surface area contributed by atoms with Crippen molar-refractivity contribution in [3.63, 3.8) is 0 Å². The van der Waals surface area contributed by atoms with E-state index in [0.717, 1.165) is 30.5 Å². The molecule has 7 nitrogen and oxygen atoms in total. The Balaban J connectivity index is 1.39. The van der Waals surface area contributed by atoms with Crippen LogP contribution in [0.4, 0.5) is 0 Å². The molecule has 0 spiro atoms. The predicted octanol–water partition coefficient (Wildman–Crippen LogP) is 4.16. The van der Waals surface area contributed by atoms with Gasteiger partial charge in [0, 0.05) is 18.7 Å². The van der Waals surface area contributed by atoms with Crippen LogP contribution in [0.3, 0.4) is 0 Å². The molecule has 0 aliphatic carbocycles. The van der Waals surface area contributed by atoms with Crippen molar-refractivity contribution in [1.82, 2.24) is 15.1 Å². The quantitative estimate of drug-likeness (QED) is 0.575. The zero-order chi connectivity index (χ0) is 22.3. The van der Waals surface area contributed by atoms with Gasteiger partial charge in [0.1, 0.15) is 17.2 Å². The third kappa shape index (κ3) is 5.11. The van der Waals surface area contributed by atoms with Crippen LogP contribution >= 0.6 is 0 Å². The molecule has 2 aromatic carbocycles. The van der Waals surface area contributed by atoms with Crippen LogP contribution in [0.2, 0.25) is 0 Å². The molecule has 2 heterocycles. The molecule has 168 valence electrons. The number of carbonyl (C=O) groups is 1. The minimum Gasteiger partial charge on any atom is -0.497 e. The van der Waals surface area contributed by atoms with Crippen LogP contribution in [0.15, 0.2) is 54.6 Å². The number of piperidine rings is 1. The summed E-state index contributed by atoms with van der Waals surface area (Å²) >= 11 is 0. The highest BCUT2D eigenvalue weighted by atomic mass is 16.5. The fourth-order valence-electron chi connectivity index (χ4n) is 4.06. The van der Waals surface area contributed by atoms with E-state index in [1.807, 2.05) is 41.3 Å². The molecule has 1 amide bonds. The minimum absolute atomic E-state index is 0.0432. The lowest BCUT2D eigenvalue weighted by Crippen LogP contribution is -2.41. The average molecular weight is 436 g/mol. The van der Waals surface area contributed by atoms with Crippen molar-refractivity contribution < 1.29 is 19.0 Å². The minimum atomic E-state index is -0.0432. The molecular formula is C25H29N3O4. The van der Waals surface area contributed by atoms with Gasteiger partial charge in [0.05, 0.1) is 33.1 Å². The molecule has 7 heteroatoms. The number of amides is 1. The summed E-state index contributed by atoms with van der Waals surface area (Å²) in [5, 5.41) is 7.26. The normalized spacial score (nSPS) is 16.1. The topological polar surface area (TPSA) is 76.7 Å². The fraction of sp³-hybridized carbons (Fsp3) is 0.360. The smallest absolute Gasteiger partial charge is 0.271 e. The number of hydrogen-bond acceptors (Lipinski definition) is 5. The third-order valence-electron chi connectivity index (χ3n) is 5.76. The molecule has 1 N–H and O–H groups in total. The molecule has 1 saturated heterocycles. The van der Waals surface area contributed by atoms with Crippen molar-refractivity contribution in [3.8, 4) is 22.8 Å². The van der Waals surface area contributed by atoms with Crippen LogP contribution in [-0.4, -0.2) is 54.9 Å². The van der Waals surface area contributed by atoms with Crippen molar-refractivity contribution in [2.24, 2.45) is 5.92 Å². The maximum absolute atomic E-state index is 13.1. The summed E-state index contributed by atoms with van der Waals surface area (Å²) in [5.41, 5.74) is 3.04. The first-order valence-electron chi connectivity index (χ1n) is 10.9. The molecule has 1 aromatic heterocycles. The number of nitrogens with zero attached hydrogens (tertiary/aromatic N) is 2. The molecule has 1 unspecified atom stereocenters. The summed E-state index contributed by atoms with van der Waals surface area (Å²) in [7, 11) is 3.22. The van der Waals surface area contributed by atoms with Gasteiger partial charge in [-0.25, -0.2) is 0 Å². The summed E-state index contributed by atoms with van der Waals surface area (Å²) in [6.45, 7) is 2.67. The van der Waals surface area contributed by atoms with Gasteiger partial charge in [0.2, 0.25) is 0 Å². The third-order valence-corrected chi connectivity index (χ3v) is 5.76. The van der Waals surface area contributed by atoms with Gasteiger partial charge in [-0.2, -0.15) is 5.10 Å². The van der Waals surface area contributed by atoms with Crippen molar-refractivity contribution in [2.75, 3.05) is 33.9 Å². The van der Waals surface area contributed by atoms with Gasteiger partial charge < -0.3 is 19.1 Å². The lowest BCUT2D eigenvalue weighted by molar-refractivity contribution is 0.0422. The number of methoxy groups -OCH3 is 2. The van der Waals surface area contributed by atoms with Crippen molar-refractivity contribution in [1.29, 1.82) is 0 Å². The molecule has 32 heavy (non-hydrogen) atoms. The standard InChI is InChI=1S/C25H29N3O4/c1-30-20-10-11-24(31-2)21(13-20)22-14-23(27-26-22)25(29)28-12-6-9-19(15-28)17-32-16-18-7-4-3-5-8-18/h3-5,7-8,10-11,13-14,19H,6,9,12,15-17H2,1-2H3,(H,26,27). The Morgan fingerprint density at radius 3 is 2.75 bits per heavy atom. The van der Waals surface area contributed by atoms with Gasteiger partial charge in [-0.3, -0.25) is 9.89 Å². The lowest BCUT2D eigenvalue weighted by Gasteiger charge is -2.32. The first-order chi connectivity index (χ1) is 15.7. The number of benzene rings is 2. The van der Waals surface area contributed by atoms with Gasteiger partial charge in [0.25, 0.3) is 5.91 Å². The van der Waals surface area contributed by atoms with Gasteiger partial charge >= 0.3 is 0 Å². The maximum atomic E-state index is 13.1. The molecule has 1 atom stereocenters. The van der Waals surface area contributed by atoms with Crippen LogP contribution in [0.1, 0.15) is 28.9 Å². The van der Waals surface area contributed by atoms with Crippen molar-refractivity contribution >= 4 is 5.91 Å². The number of ether oxygens (including phenoxy) is 3. The number of likely N-dealkylation sites (tertiary alicyclic amines) is 1. The number of H-pyrrole nitrogens is 1. The van der Waals surface area contributed by atoms with Gasteiger partial charge in [0.15, 0.2) is 0 Å². The Morgan fingerprint density at radius 2 is 1.97 bits per heavy atom. The second-order valence-electron chi connectivity index (χ2n) is 7.99. The van der Waals surface area contributed by atoms with Crippen LogP contribution in [-0.2, 0) is 11.3 Å². The van der Waals surface area contributed by atoms with Crippen LogP contribution in [0.5, 0.6) is 11.5 Å². The van der Waals surface area contributed by atoms with E-state index in [9.17, 15) is 4.79 Å². The summed E-state index contributed by atoms with van der Waals surface area (Å²) in [6.07, 6.45) is 2.03. The van der Waals surface area contributed by atoms with Gasteiger partial charge in [-0.05, 0) is 48.6 Å². The van der Waals surface area contributed by atoms with E-state index in [0.29, 0.717) is 48.6 Å². The first kappa shape index (κ1) is 21.9. The van der Waals surface area contributed by atoms with E-state index in [2.05, 4.69) is 22.3 Å².